The van der Waals surface area contributed by atoms with Gasteiger partial charge >= 0.3 is 5.97 Å². The Balaban J connectivity index is 2.12. The van der Waals surface area contributed by atoms with Crippen LogP contribution in [0.5, 0.6) is 11.5 Å². The standard InChI is InChI=1S/C21H27N3O5/c1-23(12-20(25)26)10-17-18(28-3)7-13(8-19(17)29-4)16-11-24(2)21(27)15-9-22-6-5-14(15)16/h7-8,11,22H,5-6,9-10,12H2,1-4H3,(H,25,26). The largest absolute Gasteiger partial charge is 0.496 e. The number of aryl methyl sites for hydroxylation is 1. The minimum atomic E-state index is -0.896. The van der Waals surface area contributed by atoms with Crippen LogP contribution in [0.3, 0.4) is 0 Å². The summed E-state index contributed by atoms with van der Waals surface area (Å²) in [6.07, 6.45) is 2.63. The molecule has 2 N–H and O–H groups in total. The summed E-state index contributed by atoms with van der Waals surface area (Å²) in [6, 6.07) is 3.85. The van der Waals surface area contributed by atoms with E-state index in [0.717, 1.165) is 40.8 Å². The third kappa shape index (κ3) is 4.28. The zero-order valence-electron chi connectivity index (χ0n) is 17.2. The number of likely N-dealkylation sites (N-methyl/N-ethyl adjacent to an activating group) is 1. The van der Waals surface area contributed by atoms with Crippen LogP contribution in [0.15, 0.2) is 23.1 Å². The maximum absolute atomic E-state index is 12.5. The molecule has 0 bridgehead atoms. The molecule has 29 heavy (non-hydrogen) atoms. The smallest absolute Gasteiger partial charge is 0.317 e. The van der Waals surface area contributed by atoms with Crippen molar-refractivity contribution in [1.82, 2.24) is 14.8 Å². The number of carbonyl (C=O) groups is 1. The molecule has 2 aromatic rings. The zero-order chi connectivity index (χ0) is 21.1. The van der Waals surface area contributed by atoms with Gasteiger partial charge in [0.1, 0.15) is 11.5 Å². The van der Waals surface area contributed by atoms with E-state index in [1.807, 2.05) is 18.3 Å². The number of hydrogen-bond acceptors (Lipinski definition) is 6. The second-order valence-electron chi connectivity index (χ2n) is 7.27. The lowest BCUT2D eigenvalue weighted by molar-refractivity contribution is -0.138. The van der Waals surface area contributed by atoms with E-state index in [1.165, 1.54) is 0 Å². The van der Waals surface area contributed by atoms with Crippen LogP contribution < -0.4 is 20.3 Å². The van der Waals surface area contributed by atoms with Crippen LogP contribution >= 0.6 is 0 Å². The van der Waals surface area contributed by atoms with E-state index in [2.05, 4.69) is 5.32 Å². The first-order valence-electron chi connectivity index (χ1n) is 9.43. The molecule has 0 unspecified atom stereocenters. The van der Waals surface area contributed by atoms with Gasteiger partial charge in [-0.25, -0.2) is 0 Å². The van der Waals surface area contributed by atoms with Gasteiger partial charge in [0.2, 0.25) is 0 Å². The molecule has 0 fully saturated rings. The number of aliphatic carboxylic acids is 1. The minimum absolute atomic E-state index is 0.0156. The number of carboxylic acids is 1. The number of nitrogens with one attached hydrogen (secondary N) is 1. The van der Waals surface area contributed by atoms with Gasteiger partial charge in [-0.05, 0) is 43.3 Å². The van der Waals surface area contributed by atoms with Crippen LogP contribution in [0.2, 0.25) is 0 Å². The van der Waals surface area contributed by atoms with Crippen LogP contribution in [0.25, 0.3) is 11.1 Å². The molecule has 0 aliphatic carbocycles. The van der Waals surface area contributed by atoms with Crippen molar-refractivity contribution in [3.05, 3.63) is 45.4 Å². The summed E-state index contributed by atoms with van der Waals surface area (Å²) in [5, 5.41) is 12.3. The van der Waals surface area contributed by atoms with Crippen LogP contribution in [0.1, 0.15) is 16.7 Å². The average molecular weight is 401 g/mol. The quantitative estimate of drug-likeness (QED) is 0.721. The van der Waals surface area contributed by atoms with Crippen molar-refractivity contribution < 1.29 is 19.4 Å². The van der Waals surface area contributed by atoms with E-state index >= 15 is 0 Å². The molecule has 8 nitrogen and oxygen atoms in total. The number of nitrogens with zero attached hydrogens (tertiary/aromatic N) is 2. The number of rotatable bonds is 7. The van der Waals surface area contributed by atoms with Crippen molar-refractivity contribution >= 4 is 5.97 Å². The van der Waals surface area contributed by atoms with Crippen molar-refractivity contribution in [2.75, 3.05) is 34.4 Å². The van der Waals surface area contributed by atoms with Crippen LogP contribution in [0.4, 0.5) is 0 Å². The molecule has 0 atom stereocenters. The molecular weight excluding hydrogens is 374 g/mol. The third-order valence-corrected chi connectivity index (χ3v) is 5.20. The molecule has 0 saturated carbocycles. The topological polar surface area (TPSA) is 93.0 Å². The summed E-state index contributed by atoms with van der Waals surface area (Å²) in [7, 11) is 6.65. The Hall–Kier alpha value is -2.84. The maximum Gasteiger partial charge on any atom is 0.317 e. The summed E-state index contributed by atoms with van der Waals surface area (Å²) in [6.45, 7) is 1.66. The SMILES string of the molecule is COc1cc(-c2cn(C)c(=O)c3c2CCNC3)cc(OC)c1CN(C)CC(=O)O. The molecule has 1 aromatic heterocycles. The van der Waals surface area contributed by atoms with E-state index in [4.69, 9.17) is 14.6 Å². The van der Waals surface area contributed by atoms with Gasteiger partial charge in [-0.1, -0.05) is 0 Å². The predicted molar refractivity (Wildman–Crippen MR) is 110 cm³/mol. The van der Waals surface area contributed by atoms with Crippen molar-refractivity contribution in [2.45, 2.75) is 19.5 Å². The highest BCUT2D eigenvalue weighted by Gasteiger charge is 2.22. The Morgan fingerprint density at radius 3 is 2.48 bits per heavy atom. The number of carboxylic acid groups (broad SMARTS) is 1. The molecule has 8 heteroatoms. The summed E-state index contributed by atoms with van der Waals surface area (Å²) in [5.74, 6) is 0.341. The molecule has 0 amide bonds. The van der Waals surface area contributed by atoms with E-state index in [-0.39, 0.29) is 12.1 Å². The van der Waals surface area contributed by atoms with Gasteiger partial charge in [-0.15, -0.1) is 0 Å². The average Bonchev–Trinajstić information content (AvgIpc) is 2.70. The Kier molecular flexibility index (Phi) is 6.24. The molecule has 2 heterocycles. The van der Waals surface area contributed by atoms with Crippen molar-refractivity contribution in [2.24, 2.45) is 7.05 Å². The number of fused-ring (bicyclic) bond motifs is 1. The number of aromatic nitrogens is 1. The van der Waals surface area contributed by atoms with Gasteiger partial charge < -0.3 is 24.5 Å². The first-order valence-corrected chi connectivity index (χ1v) is 9.43. The van der Waals surface area contributed by atoms with Gasteiger partial charge in [0.25, 0.3) is 5.56 Å². The van der Waals surface area contributed by atoms with Crippen LogP contribution in [-0.4, -0.2) is 54.9 Å². The van der Waals surface area contributed by atoms with Crippen molar-refractivity contribution in [3.8, 4) is 22.6 Å². The lowest BCUT2D eigenvalue weighted by Gasteiger charge is -2.23. The summed E-state index contributed by atoms with van der Waals surface area (Å²) in [5.41, 5.74) is 4.51. The first-order chi connectivity index (χ1) is 13.8. The molecule has 1 aromatic carbocycles. The van der Waals surface area contributed by atoms with Crippen molar-refractivity contribution in [3.63, 3.8) is 0 Å². The number of methoxy groups -OCH3 is 2. The number of ether oxygens (including phenoxy) is 2. The Morgan fingerprint density at radius 2 is 1.90 bits per heavy atom. The lowest BCUT2D eigenvalue weighted by atomic mass is 9.92. The molecule has 0 saturated heterocycles. The third-order valence-electron chi connectivity index (χ3n) is 5.20. The Bertz CT molecular complexity index is 958. The molecule has 156 valence electrons. The molecular formula is C21H27N3O5. The fraction of sp³-hybridized carbons (Fsp3) is 0.429. The fourth-order valence-electron chi connectivity index (χ4n) is 3.83. The number of hydrogen-bond donors (Lipinski definition) is 2. The minimum Gasteiger partial charge on any atom is -0.496 e. The monoisotopic (exact) mass is 401 g/mol. The summed E-state index contributed by atoms with van der Waals surface area (Å²) >= 11 is 0. The fourth-order valence-corrected chi connectivity index (χ4v) is 3.83. The van der Waals surface area contributed by atoms with Crippen LogP contribution in [-0.2, 0) is 31.4 Å². The predicted octanol–water partition coefficient (Wildman–Crippen LogP) is 1.23. The highest BCUT2D eigenvalue weighted by atomic mass is 16.5. The molecule has 1 aliphatic heterocycles. The number of benzene rings is 1. The Labute approximate surface area is 169 Å². The molecule has 3 rings (SSSR count). The summed E-state index contributed by atoms with van der Waals surface area (Å²) in [4.78, 5) is 25.2. The highest BCUT2D eigenvalue weighted by molar-refractivity contribution is 5.73. The van der Waals surface area contributed by atoms with E-state index in [0.29, 0.717) is 24.6 Å². The molecule has 0 spiro atoms. The Morgan fingerprint density at radius 1 is 1.24 bits per heavy atom. The highest BCUT2D eigenvalue weighted by Crippen LogP contribution is 2.37. The van der Waals surface area contributed by atoms with Gasteiger partial charge in [0.15, 0.2) is 0 Å². The lowest BCUT2D eigenvalue weighted by Crippen LogP contribution is -2.33. The maximum atomic E-state index is 12.5. The molecule has 0 radical (unpaired) electrons. The van der Waals surface area contributed by atoms with E-state index in [9.17, 15) is 9.59 Å². The van der Waals surface area contributed by atoms with Gasteiger partial charge in [0.05, 0.1) is 26.3 Å². The summed E-state index contributed by atoms with van der Waals surface area (Å²) < 4.78 is 12.8. The second-order valence-corrected chi connectivity index (χ2v) is 7.27. The molecule has 1 aliphatic rings. The second kappa shape index (κ2) is 8.67. The van der Waals surface area contributed by atoms with E-state index in [1.54, 1.807) is 37.8 Å². The zero-order valence-corrected chi connectivity index (χ0v) is 17.2. The number of pyridine rings is 1. The van der Waals surface area contributed by atoms with Gasteiger partial charge in [-0.3, -0.25) is 14.5 Å². The van der Waals surface area contributed by atoms with Gasteiger partial charge in [0, 0.05) is 37.5 Å². The van der Waals surface area contributed by atoms with Crippen molar-refractivity contribution in [1.29, 1.82) is 0 Å². The normalized spacial score (nSPS) is 13.3. The first kappa shape index (κ1) is 20.9. The van der Waals surface area contributed by atoms with Gasteiger partial charge in [-0.2, -0.15) is 0 Å². The van der Waals surface area contributed by atoms with E-state index < -0.39 is 5.97 Å². The van der Waals surface area contributed by atoms with Crippen LogP contribution in [0, 0.1) is 0 Å².